The van der Waals surface area contributed by atoms with Gasteiger partial charge in [0, 0.05) is 36.8 Å². The summed E-state index contributed by atoms with van der Waals surface area (Å²) in [4.78, 5) is 57.5. The van der Waals surface area contributed by atoms with Gasteiger partial charge in [-0.1, -0.05) is 78.9 Å². The Morgan fingerprint density at radius 2 is 1.23 bits per heavy atom. The Bertz CT molecular complexity index is 2370. The van der Waals surface area contributed by atoms with E-state index in [2.05, 4.69) is 9.97 Å². The Morgan fingerprint density at radius 3 is 1.82 bits per heavy atom. The first kappa shape index (κ1) is 37.0. The third-order valence-corrected chi connectivity index (χ3v) is 10.2. The van der Waals surface area contributed by atoms with E-state index in [1.54, 1.807) is 116 Å². The van der Waals surface area contributed by atoms with Crippen LogP contribution in [-0.4, -0.2) is 64.7 Å². The molecule has 1 fully saturated rings. The van der Waals surface area contributed by atoms with Crippen LogP contribution in [0.5, 0.6) is 0 Å². The first-order valence-electron chi connectivity index (χ1n) is 18.6. The minimum atomic E-state index is -1.25. The summed E-state index contributed by atoms with van der Waals surface area (Å²) >= 11 is 0. The molecule has 0 bridgehead atoms. The van der Waals surface area contributed by atoms with Gasteiger partial charge >= 0.3 is 17.9 Å². The minimum Gasteiger partial charge on any atom is -0.459 e. The van der Waals surface area contributed by atoms with Crippen molar-refractivity contribution >= 4 is 35.0 Å². The Morgan fingerprint density at radius 1 is 0.667 bits per heavy atom. The van der Waals surface area contributed by atoms with Gasteiger partial charge in [-0.2, -0.15) is 0 Å². The molecular weight excluding hydrogens is 721 g/mol. The van der Waals surface area contributed by atoms with E-state index >= 15 is 0 Å². The molecule has 8 rings (SSSR count). The summed E-state index contributed by atoms with van der Waals surface area (Å²) in [5, 5.41) is 0. The predicted octanol–water partition coefficient (Wildman–Crippen LogP) is 7.76. The highest BCUT2D eigenvalue weighted by Crippen LogP contribution is 2.48. The van der Waals surface area contributed by atoms with E-state index in [4.69, 9.17) is 23.9 Å². The number of hydrogen-bond acceptors (Lipinski definition) is 11. The number of carbonyl (C=O) groups is 3. The molecule has 5 atom stereocenters. The zero-order valence-electron chi connectivity index (χ0n) is 31.0. The lowest BCUT2D eigenvalue weighted by Gasteiger charge is -2.46. The Hall–Kier alpha value is -6.98. The quantitative estimate of drug-likeness (QED) is 0.101. The summed E-state index contributed by atoms with van der Waals surface area (Å²) in [7, 11) is 0. The maximum absolute atomic E-state index is 14.1. The largest absolute Gasteiger partial charge is 0.459 e. The molecule has 0 aliphatic carbocycles. The van der Waals surface area contributed by atoms with Crippen LogP contribution in [0.3, 0.4) is 0 Å². The number of nitrogens with zero attached hydrogens (tertiary/aromatic N) is 4. The summed E-state index contributed by atoms with van der Waals surface area (Å²) in [5.41, 5.74) is 3.59. The van der Waals surface area contributed by atoms with Crippen LogP contribution in [0.1, 0.15) is 55.5 Å². The molecule has 2 aliphatic rings. The number of esters is 3. The van der Waals surface area contributed by atoms with Crippen LogP contribution < -0.4 is 4.90 Å². The van der Waals surface area contributed by atoms with Crippen LogP contribution in [0.25, 0.3) is 0 Å². The first-order valence-corrected chi connectivity index (χ1v) is 18.6. The number of fused-ring (bicyclic) bond motifs is 1. The molecule has 4 aromatic carbocycles. The van der Waals surface area contributed by atoms with Gasteiger partial charge in [-0.25, -0.2) is 14.4 Å². The predicted molar refractivity (Wildman–Crippen MR) is 212 cm³/mol. The fraction of sp³-hybridized carbons (Fsp3) is 0.174. The summed E-state index contributed by atoms with van der Waals surface area (Å²) in [6, 6.07) is 40.9. The number of rotatable bonds is 10. The smallest absolute Gasteiger partial charge is 0.338 e. The van der Waals surface area contributed by atoms with E-state index < -0.39 is 48.0 Å². The number of pyridine rings is 2. The molecule has 2 aliphatic heterocycles. The van der Waals surface area contributed by atoms with Crippen LogP contribution in [-0.2, 0) is 24.5 Å². The van der Waals surface area contributed by atoms with Gasteiger partial charge in [0.1, 0.15) is 12.7 Å². The van der Waals surface area contributed by atoms with E-state index in [1.807, 2.05) is 60.4 Å². The summed E-state index contributed by atoms with van der Waals surface area (Å²) < 4.78 is 25.6. The topological polar surface area (TPSA) is 130 Å². The van der Waals surface area contributed by atoms with Crippen molar-refractivity contribution in [3.8, 4) is 0 Å². The standard InChI is InChI=1S/C46H38N4O7/c1-46(35-22-14-26-48-29-35)27-37(34-21-13-25-47-28-34)49-36-23-11-12-24-38(36)50(46)42-41(57-45(53)33-19-9-4-10-20-33)40(56-44(52)32-17-7-3-8-18-32)39(55-42)30-54-43(51)31-15-5-2-6-16-31/h2-26,28-29,39-42H,27,30H2,1H3/t39-,40-,41-,42-,46?/m1/s1. The third-order valence-electron chi connectivity index (χ3n) is 10.2. The molecular formula is C46H38N4O7. The first-order chi connectivity index (χ1) is 27.9. The van der Waals surface area contributed by atoms with Gasteiger partial charge in [-0.05, 0) is 73.2 Å². The monoisotopic (exact) mass is 758 g/mol. The van der Waals surface area contributed by atoms with Crippen molar-refractivity contribution in [2.24, 2.45) is 4.99 Å². The molecule has 284 valence electrons. The van der Waals surface area contributed by atoms with Crippen molar-refractivity contribution in [3.05, 3.63) is 192 Å². The van der Waals surface area contributed by atoms with E-state index in [9.17, 15) is 14.4 Å². The van der Waals surface area contributed by atoms with E-state index in [-0.39, 0.29) is 17.7 Å². The van der Waals surface area contributed by atoms with Gasteiger partial charge in [0.15, 0.2) is 18.4 Å². The maximum atomic E-state index is 14.1. The molecule has 0 spiro atoms. The Labute approximate surface area is 329 Å². The molecule has 0 radical (unpaired) electrons. The Kier molecular flexibility index (Phi) is 10.6. The van der Waals surface area contributed by atoms with Crippen molar-refractivity contribution in [1.29, 1.82) is 0 Å². The van der Waals surface area contributed by atoms with Crippen molar-refractivity contribution in [2.75, 3.05) is 11.5 Å². The van der Waals surface area contributed by atoms with Crippen LogP contribution in [0.4, 0.5) is 11.4 Å². The number of anilines is 1. The van der Waals surface area contributed by atoms with Crippen LogP contribution in [0.15, 0.2) is 169 Å². The summed E-state index contributed by atoms with van der Waals surface area (Å²) in [6.07, 6.45) is 2.59. The lowest BCUT2D eigenvalue weighted by molar-refractivity contribution is -0.0461. The number of ether oxygens (including phenoxy) is 4. The van der Waals surface area contributed by atoms with Crippen molar-refractivity contribution in [3.63, 3.8) is 0 Å². The number of carbonyl (C=O) groups excluding carboxylic acids is 3. The molecule has 11 nitrogen and oxygen atoms in total. The van der Waals surface area contributed by atoms with Gasteiger partial charge < -0.3 is 23.8 Å². The number of benzene rings is 4. The molecule has 0 saturated carbocycles. The molecule has 2 aromatic heterocycles. The molecule has 1 unspecified atom stereocenters. The van der Waals surface area contributed by atoms with Crippen molar-refractivity contribution in [1.82, 2.24) is 9.97 Å². The molecule has 4 heterocycles. The zero-order chi connectivity index (χ0) is 39.2. The van der Waals surface area contributed by atoms with E-state index in [1.165, 1.54) is 0 Å². The fourth-order valence-electron chi connectivity index (χ4n) is 7.33. The number of aromatic nitrogens is 2. The normalized spacial score (nSPS) is 21.4. The van der Waals surface area contributed by atoms with Crippen LogP contribution in [0, 0.1) is 0 Å². The molecule has 11 heteroatoms. The number of para-hydroxylation sites is 2. The van der Waals surface area contributed by atoms with Crippen molar-refractivity contribution in [2.45, 2.75) is 43.4 Å². The zero-order valence-corrected chi connectivity index (χ0v) is 31.0. The highest BCUT2D eigenvalue weighted by atomic mass is 16.7. The van der Waals surface area contributed by atoms with Gasteiger partial charge in [-0.3, -0.25) is 15.0 Å². The summed E-state index contributed by atoms with van der Waals surface area (Å²) in [6.45, 7) is 1.72. The summed E-state index contributed by atoms with van der Waals surface area (Å²) in [5.74, 6) is -1.92. The lowest BCUT2D eigenvalue weighted by atomic mass is 9.83. The van der Waals surface area contributed by atoms with Gasteiger partial charge in [0.2, 0.25) is 0 Å². The molecule has 57 heavy (non-hydrogen) atoms. The second-order valence-corrected chi connectivity index (χ2v) is 13.9. The second kappa shape index (κ2) is 16.4. The molecule has 0 N–H and O–H groups in total. The average Bonchev–Trinajstić information content (AvgIpc) is 3.51. The molecule has 0 amide bonds. The highest BCUT2D eigenvalue weighted by molar-refractivity contribution is 6.04. The fourth-order valence-corrected chi connectivity index (χ4v) is 7.33. The Balaban J connectivity index is 1.28. The van der Waals surface area contributed by atoms with Gasteiger partial charge in [0.05, 0.1) is 39.3 Å². The van der Waals surface area contributed by atoms with Crippen LogP contribution >= 0.6 is 0 Å². The molecule has 6 aromatic rings. The molecule has 1 saturated heterocycles. The minimum absolute atomic E-state index is 0.281. The third kappa shape index (κ3) is 7.78. The average molecular weight is 759 g/mol. The van der Waals surface area contributed by atoms with E-state index in [0.29, 0.717) is 23.4 Å². The highest BCUT2D eigenvalue weighted by Gasteiger charge is 2.57. The van der Waals surface area contributed by atoms with Crippen LogP contribution in [0.2, 0.25) is 0 Å². The maximum Gasteiger partial charge on any atom is 0.338 e. The SMILES string of the molecule is CC1(c2cccnc2)CC(c2cccnc2)=Nc2ccccc2N1[C@@H]1O[C@H](COC(=O)c2ccccc2)[C@@H](OC(=O)c2ccccc2)[C@H]1OC(=O)c1ccccc1. The van der Waals surface area contributed by atoms with Crippen molar-refractivity contribution < 1.29 is 33.3 Å². The van der Waals surface area contributed by atoms with Gasteiger partial charge in [-0.15, -0.1) is 0 Å². The lowest BCUT2D eigenvalue weighted by Crippen LogP contribution is -2.56. The number of hydrogen-bond donors (Lipinski definition) is 0. The number of aliphatic imine (C=N–C) groups is 1. The second-order valence-electron chi connectivity index (χ2n) is 13.9. The van der Waals surface area contributed by atoms with Gasteiger partial charge in [0.25, 0.3) is 0 Å². The van der Waals surface area contributed by atoms with E-state index in [0.717, 1.165) is 16.8 Å².